The molecule has 0 bridgehead atoms. The molecule has 2 heterocycles. The molecule has 1 amide bonds. The molecule has 2 aliphatic rings. The van der Waals surface area contributed by atoms with E-state index < -0.39 is 0 Å². The third-order valence-electron chi connectivity index (χ3n) is 5.38. The Morgan fingerprint density at radius 3 is 2.42 bits per heavy atom. The van der Waals surface area contributed by atoms with Gasteiger partial charge in [-0.05, 0) is 48.7 Å². The Morgan fingerprint density at radius 1 is 0.923 bits per heavy atom. The van der Waals surface area contributed by atoms with Crippen LogP contribution in [-0.4, -0.2) is 55.2 Å². The monoisotopic (exact) mass is 351 g/mol. The number of carbonyl (C=O) groups excluding carboxylic acids is 1. The van der Waals surface area contributed by atoms with Gasteiger partial charge >= 0.3 is 0 Å². The highest BCUT2D eigenvalue weighted by molar-refractivity contribution is 5.82. The summed E-state index contributed by atoms with van der Waals surface area (Å²) in [6, 6.07) is 15.7. The average Bonchev–Trinajstić information content (AvgIpc) is 2.69. The summed E-state index contributed by atoms with van der Waals surface area (Å²) in [6.07, 6.45) is 2.21. The van der Waals surface area contributed by atoms with Crippen molar-refractivity contribution >= 4 is 17.3 Å². The molecule has 2 aromatic rings. The molecular weight excluding hydrogens is 326 g/mol. The number of aromatic hydroxyl groups is 1. The number of fused-ring (bicyclic) bond motifs is 1. The SMILES string of the molecule is O=C(CN1CCCc2ccccc21)N1CCN(c2ccc(O)cc2)CC1. The predicted octanol–water partition coefficient (Wildman–Crippen LogP) is 2.49. The summed E-state index contributed by atoms with van der Waals surface area (Å²) < 4.78 is 0. The minimum atomic E-state index is 0.215. The molecule has 26 heavy (non-hydrogen) atoms. The quantitative estimate of drug-likeness (QED) is 0.923. The van der Waals surface area contributed by atoms with Gasteiger partial charge in [-0.2, -0.15) is 0 Å². The van der Waals surface area contributed by atoms with Crippen molar-refractivity contribution in [3.63, 3.8) is 0 Å². The topological polar surface area (TPSA) is 47.0 Å². The lowest BCUT2D eigenvalue weighted by Crippen LogP contribution is -2.51. The second-order valence-corrected chi connectivity index (χ2v) is 7.04. The molecule has 0 aliphatic carbocycles. The van der Waals surface area contributed by atoms with Gasteiger partial charge in [-0.25, -0.2) is 0 Å². The molecule has 0 unspecified atom stereocenters. The zero-order chi connectivity index (χ0) is 17.9. The summed E-state index contributed by atoms with van der Waals surface area (Å²) in [7, 11) is 0. The molecule has 0 aromatic heterocycles. The fourth-order valence-corrected chi connectivity index (χ4v) is 3.92. The lowest BCUT2D eigenvalue weighted by Gasteiger charge is -2.38. The van der Waals surface area contributed by atoms with Gasteiger partial charge in [0.2, 0.25) is 5.91 Å². The molecule has 136 valence electrons. The molecule has 1 N–H and O–H groups in total. The van der Waals surface area contributed by atoms with E-state index >= 15 is 0 Å². The molecule has 4 rings (SSSR count). The molecule has 5 heteroatoms. The van der Waals surface area contributed by atoms with Crippen molar-refractivity contribution in [2.45, 2.75) is 12.8 Å². The van der Waals surface area contributed by atoms with Crippen LogP contribution in [0.25, 0.3) is 0 Å². The number of benzene rings is 2. The van der Waals surface area contributed by atoms with Gasteiger partial charge in [-0.15, -0.1) is 0 Å². The first-order valence-corrected chi connectivity index (χ1v) is 9.35. The van der Waals surface area contributed by atoms with Crippen molar-refractivity contribution in [3.8, 4) is 5.75 Å². The Hall–Kier alpha value is -2.69. The van der Waals surface area contributed by atoms with Crippen LogP contribution in [0.15, 0.2) is 48.5 Å². The number of carbonyl (C=O) groups is 1. The minimum Gasteiger partial charge on any atom is -0.508 e. The molecule has 0 radical (unpaired) electrons. The highest BCUT2D eigenvalue weighted by atomic mass is 16.3. The van der Waals surface area contributed by atoms with Gasteiger partial charge in [0.1, 0.15) is 5.75 Å². The highest BCUT2D eigenvalue weighted by Gasteiger charge is 2.25. The molecule has 2 aliphatic heterocycles. The summed E-state index contributed by atoms with van der Waals surface area (Å²) in [5.41, 5.74) is 3.67. The first-order chi connectivity index (χ1) is 12.7. The van der Waals surface area contributed by atoms with Crippen LogP contribution in [0.4, 0.5) is 11.4 Å². The number of hydrogen-bond acceptors (Lipinski definition) is 4. The van der Waals surface area contributed by atoms with Crippen LogP contribution in [0.5, 0.6) is 5.75 Å². The van der Waals surface area contributed by atoms with E-state index in [-0.39, 0.29) is 11.7 Å². The average molecular weight is 351 g/mol. The van der Waals surface area contributed by atoms with E-state index in [2.05, 4.69) is 34.1 Å². The fourth-order valence-electron chi connectivity index (χ4n) is 3.92. The van der Waals surface area contributed by atoms with Gasteiger partial charge in [0.15, 0.2) is 0 Å². The number of nitrogens with zero attached hydrogens (tertiary/aromatic N) is 3. The van der Waals surface area contributed by atoms with Crippen LogP contribution in [0.1, 0.15) is 12.0 Å². The first-order valence-electron chi connectivity index (χ1n) is 9.35. The Labute approximate surface area is 154 Å². The number of phenols is 1. The van der Waals surface area contributed by atoms with Crippen molar-refractivity contribution in [2.75, 3.05) is 49.1 Å². The molecular formula is C21H25N3O2. The van der Waals surface area contributed by atoms with Crippen LogP contribution in [0.3, 0.4) is 0 Å². The molecule has 0 saturated carbocycles. The van der Waals surface area contributed by atoms with Crippen LogP contribution < -0.4 is 9.80 Å². The number of piperazine rings is 1. The molecule has 1 saturated heterocycles. The van der Waals surface area contributed by atoms with E-state index in [0.717, 1.165) is 51.3 Å². The van der Waals surface area contributed by atoms with Crippen molar-refractivity contribution < 1.29 is 9.90 Å². The van der Waals surface area contributed by atoms with E-state index in [1.54, 1.807) is 12.1 Å². The van der Waals surface area contributed by atoms with Gasteiger partial charge in [-0.3, -0.25) is 4.79 Å². The normalized spacial score (nSPS) is 17.2. The Morgan fingerprint density at radius 2 is 1.65 bits per heavy atom. The molecule has 0 spiro atoms. The first kappa shape index (κ1) is 16.8. The van der Waals surface area contributed by atoms with Crippen LogP contribution in [0.2, 0.25) is 0 Å². The Kier molecular flexibility index (Phi) is 4.69. The number of aryl methyl sites for hydroxylation is 1. The summed E-state index contributed by atoms with van der Waals surface area (Å²) >= 11 is 0. The zero-order valence-corrected chi connectivity index (χ0v) is 15.0. The van der Waals surface area contributed by atoms with Crippen LogP contribution in [0, 0.1) is 0 Å². The fraction of sp³-hybridized carbons (Fsp3) is 0.381. The number of phenolic OH excluding ortho intramolecular Hbond substituents is 1. The van der Waals surface area contributed by atoms with Crippen LogP contribution in [-0.2, 0) is 11.2 Å². The zero-order valence-electron chi connectivity index (χ0n) is 15.0. The Bertz CT molecular complexity index is 767. The van der Waals surface area contributed by atoms with Gasteiger partial charge < -0.3 is 19.8 Å². The second kappa shape index (κ2) is 7.28. The minimum absolute atomic E-state index is 0.215. The maximum Gasteiger partial charge on any atom is 0.242 e. The van der Waals surface area contributed by atoms with Gasteiger partial charge in [0.25, 0.3) is 0 Å². The van der Waals surface area contributed by atoms with Gasteiger partial charge in [-0.1, -0.05) is 18.2 Å². The maximum absolute atomic E-state index is 12.8. The lowest BCUT2D eigenvalue weighted by molar-refractivity contribution is -0.130. The number of para-hydroxylation sites is 1. The molecule has 1 fully saturated rings. The Balaban J connectivity index is 1.35. The standard InChI is InChI=1S/C21H25N3O2/c25-19-9-7-18(8-10-19)22-12-14-23(15-13-22)21(26)16-24-11-3-5-17-4-1-2-6-20(17)24/h1-2,4,6-10,25H,3,5,11-16H2. The summed E-state index contributed by atoms with van der Waals surface area (Å²) in [4.78, 5) is 19.3. The highest BCUT2D eigenvalue weighted by Crippen LogP contribution is 2.26. The smallest absolute Gasteiger partial charge is 0.242 e. The summed E-state index contributed by atoms with van der Waals surface area (Å²) in [5.74, 6) is 0.497. The van der Waals surface area contributed by atoms with E-state index in [1.807, 2.05) is 17.0 Å². The van der Waals surface area contributed by atoms with E-state index in [4.69, 9.17) is 0 Å². The van der Waals surface area contributed by atoms with Gasteiger partial charge in [0, 0.05) is 44.1 Å². The summed E-state index contributed by atoms with van der Waals surface area (Å²) in [6.45, 7) is 4.57. The molecule has 5 nitrogen and oxygen atoms in total. The van der Waals surface area contributed by atoms with Crippen molar-refractivity contribution in [3.05, 3.63) is 54.1 Å². The number of anilines is 2. The van der Waals surface area contributed by atoms with Crippen LogP contribution >= 0.6 is 0 Å². The molecule has 0 atom stereocenters. The largest absolute Gasteiger partial charge is 0.508 e. The number of amides is 1. The van der Waals surface area contributed by atoms with Gasteiger partial charge in [0.05, 0.1) is 6.54 Å². The number of rotatable bonds is 3. The third-order valence-corrected chi connectivity index (χ3v) is 5.38. The maximum atomic E-state index is 12.8. The predicted molar refractivity (Wildman–Crippen MR) is 104 cm³/mol. The van der Waals surface area contributed by atoms with E-state index in [1.165, 1.54) is 11.3 Å². The third kappa shape index (κ3) is 3.47. The van der Waals surface area contributed by atoms with E-state index in [0.29, 0.717) is 6.54 Å². The summed E-state index contributed by atoms with van der Waals surface area (Å²) in [5, 5.41) is 9.42. The van der Waals surface area contributed by atoms with Crippen molar-refractivity contribution in [1.82, 2.24) is 4.90 Å². The van der Waals surface area contributed by atoms with Crippen molar-refractivity contribution in [2.24, 2.45) is 0 Å². The number of hydrogen-bond donors (Lipinski definition) is 1. The van der Waals surface area contributed by atoms with E-state index in [9.17, 15) is 9.90 Å². The lowest BCUT2D eigenvalue weighted by atomic mass is 10.0. The van der Waals surface area contributed by atoms with Crippen molar-refractivity contribution in [1.29, 1.82) is 0 Å². The second-order valence-electron chi connectivity index (χ2n) is 7.04. The molecule has 2 aromatic carbocycles.